The molecule has 0 saturated carbocycles. The number of benzene rings is 1. The Kier molecular flexibility index (Phi) is 8.41. The van der Waals surface area contributed by atoms with E-state index in [1.54, 1.807) is 12.4 Å². The highest BCUT2D eigenvalue weighted by Crippen LogP contribution is 2.37. The van der Waals surface area contributed by atoms with E-state index in [1.165, 1.54) is 0 Å². The molecule has 1 N–H and O–H groups in total. The Hall–Kier alpha value is -1.83. The zero-order chi connectivity index (χ0) is 23.2. The van der Waals surface area contributed by atoms with Gasteiger partial charge < -0.3 is 14.5 Å². The summed E-state index contributed by atoms with van der Waals surface area (Å²) in [7, 11) is -1.92. The first-order valence-electron chi connectivity index (χ1n) is 11.7. The molecule has 0 bridgehead atoms. The fraction of sp³-hybridized carbons (Fsp3) is 0.600. The van der Waals surface area contributed by atoms with Crippen LogP contribution in [0.2, 0.25) is 18.1 Å². The highest BCUT2D eigenvalue weighted by atomic mass is 28.4. The van der Waals surface area contributed by atoms with Gasteiger partial charge in [-0.3, -0.25) is 0 Å². The van der Waals surface area contributed by atoms with Crippen LogP contribution in [0, 0.1) is 11.7 Å². The number of hydrogen-bond acceptors (Lipinski definition) is 5. The second-order valence-corrected chi connectivity index (χ2v) is 15.1. The maximum atomic E-state index is 15.1. The summed E-state index contributed by atoms with van der Waals surface area (Å²) in [5.74, 6) is 0.407. The van der Waals surface area contributed by atoms with Crippen molar-refractivity contribution in [1.82, 2.24) is 15.3 Å². The normalized spacial score (nSPS) is 15.7. The Labute approximate surface area is 193 Å². The first-order chi connectivity index (χ1) is 15.2. The third-order valence-corrected chi connectivity index (χ3v) is 11.3. The van der Waals surface area contributed by atoms with Crippen molar-refractivity contribution in [2.75, 3.05) is 19.7 Å². The number of aromatic nitrogens is 2. The molecule has 0 spiro atoms. The van der Waals surface area contributed by atoms with Gasteiger partial charge in [0.15, 0.2) is 8.32 Å². The van der Waals surface area contributed by atoms with Gasteiger partial charge in [-0.2, -0.15) is 0 Å². The van der Waals surface area contributed by atoms with E-state index in [0.717, 1.165) is 31.5 Å². The molecule has 0 amide bonds. The van der Waals surface area contributed by atoms with Gasteiger partial charge in [0.25, 0.3) is 0 Å². The number of nitrogens with zero attached hydrogens (tertiary/aromatic N) is 2. The molecule has 1 aliphatic rings. The Morgan fingerprint density at radius 2 is 1.72 bits per heavy atom. The predicted octanol–water partition coefficient (Wildman–Crippen LogP) is 5.30. The highest BCUT2D eigenvalue weighted by Gasteiger charge is 2.37. The molecule has 7 heteroatoms. The lowest BCUT2D eigenvalue weighted by molar-refractivity contribution is 0.202. The first-order valence-corrected chi connectivity index (χ1v) is 14.6. The van der Waals surface area contributed by atoms with Crippen molar-refractivity contribution in [2.45, 2.75) is 71.2 Å². The number of piperidine rings is 1. The lowest BCUT2D eigenvalue weighted by Gasteiger charge is -2.36. The number of ether oxygens (including phenoxy) is 1. The minimum Gasteiger partial charge on any atom is -0.463 e. The molecule has 1 fully saturated rings. The van der Waals surface area contributed by atoms with Crippen LogP contribution in [0.3, 0.4) is 0 Å². The summed E-state index contributed by atoms with van der Waals surface area (Å²) in [6.07, 6.45) is 7.10. The molecule has 0 unspecified atom stereocenters. The van der Waals surface area contributed by atoms with Crippen molar-refractivity contribution >= 4 is 8.32 Å². The molecule has 0 atom stereocenters. The maximum absolute atomic E-state index is 15.1. The fourth-order valence-electron chi connectivity index (χ4n) is 3.48. The molecule has 1 aromatic carbocycles. The molecule has 1 aliphatic heterocycles. The van der Waals surface area contributed by atoms with Crippen molar-refractivity contribution in [2.24, 2.45) is 5.92 Å². The van der Waals surface area contributed by atoms with E-state index in [-0.39, 0.29) is 10.9 Å². The van der Waals surface area contributed by atoms with Crippen LogP contribution in [0.15, 0.2) is 30.6 Å². The van der Waals surface area contributed by atoms with Gasteiger partial charge in [-0.05, 0) is 73.9 Å². The average molecular weight is 460 g/mol. The average Bonchev–Trinajstić information content (AvgIpc) is 2.77. The maximum Gasteiger partial charge on any atom is 0.316 e. The molecule has 3 rings (SSSR count). The van der Waals surface area contributed by atoms with E-state index >= 15 is 4.39 Å². The van der Waals surface area contributed by atoms with E-state index in [1.807, 2.05) is 18.2 Å². The van der Waals surface area contributed by atoms with Crippen LogP contribution < -0.4 is 10.1 Å². The zero-order valence-electron chi connectivity index (χ0n) is 20.2. The van der Waals surface area contributed by atoms with Crippen LogP contribution in [0.1, 0.15) is 50.3 Å². The summed E-state index contributed by atoms with van der Waals surface area (Å²) in [6.45, 7) is 14.0. The van der Waals surface area contributed by atoms with E-state index in [4.69, 9.17) is 9.16 Å². The molecule has 176 valence electrons. The fourth-order valence-corrected chi connectivity index (χ4v) is 4.43. The Balaban J connectivity index is 1.52. The lowest BCUT2D eigenvalue weighted by Crippen LogP contribution is -2.40. The van der Waals surface area contributed by atoms with Crippen LogP contribution in [0.5, 0.6) is 6.01 Å². The summed E-state index contributed by atoms with van der Waals surface area (Å²) in [5.41, 5.74) is 2.30. The smallest absolute Gasteiger partial charge is 0.316 e. The monoisotopic (exact) mass is 459 g/mol. The van der Waals surface area contributed by atoms with Gasteiger partial charge in [0, 0.05) is 18.0 Å². The summed E-state index contributed by atoms with van der Waals surface area (Å²) in [5, 5.41) is 3.46. The second kappa shape index (κ2) is 10.9. The molecule has 32 heavy (non-hydrogen) atoms. The summed E-state index contributed by atoms with van der Waals surface area (Å²) in [6, 6.07) is 6.01. The second-order valence-electron chi connectivity index (χ2n) is 10.3. The van der Waals surface area contributed by atoms with E-state index in [2.05, 4.69) is 49.1 Å². The van der Waals surface area contributed by atoms with Crippen LogP contribution >= 0.6 is 0 Å². The summed E-state index contributed by atoms with van der Waals surface area (Å²) < 4.78 is 27.0. The molecule has 2 heterocycles. The Morgan fingerprint density at radius 1 is 1.06 bits per heavy atom. The Morgan fingerprint density at radius 3 is 2.38 bits per heavy atom. The minimum atomic E-state index is -1.92. The molecule has 1 aromatic heterocycles. The number of aryl methyl sites for hydroxylation is 2. The largest absolute Gasteiger partial charge is 0.463 e. The Bertz CT molecular complexity index is 862. The standard InChI is InChI=1S/C25H38FN3O2Si/c1-25(2,3)32(4,5)31-18-22-8-6-7-21(23(22)26)10-9-20-15-28-24(29-16-20)30-17-19-11-13-27-14-12-19/h6-8,15-16,19,27H,9-14,17-18H2,1-5H3. The van der Waals surface area contributed by atoms with E-state index in [9.17, 15) is 0 Å². The van der Waals surface area contributed by atoms with E-state index < -0.39 is 8.32 Å². The van der Waals surface area contributed by atoms with Gasteiger partial charge in [0.2, 0.25) is 0 Å². The third-order valence-electron chi connectivity index (χ3n) is 6.82. The topological polar surface area (TPSA) is 56.3 Å². The third kappa shape index (κ3) is 6.83. The van der Waals surface area contributed by atoms with Gasteiger partial charge in [0.1, 0.15) is 5.82 Å². The van der Waals surface area contributed by atoms with Gasteiger partial charge in [-0.1, -0.05) is 39.0 Å². The van der Waals surface area contributed by atoms with E-state index in [0.29, 0.717) is 49.1 Å². The number of rotatable bonds is 9. The van der Waals surface area contributed by atoms with Crippen molar-refractivity contribution in [3.05, 3.63) is 53.1 Å². The summed E-state index contributed by atoms with van der Waals surface area (Å²) >= 11 is 0. The SMILES string of the molecule is CC(C)(C)[Si](C)(C)OCc1cccc(CCc2cnc(OCC3CCNCC3)nc2)c1F. The molecule has 1 saturated heterocycles. The zero-order valence-corrected chi connectivity index (χ0v) is 21.2. The number of nitrogens with one attached hydrogen (secondary N) is 1. The van der Waals surface area contributed by atoms with Crippen molar-refractivity contribution in [3.8, 4) is 6.01 Å². The van der Waals surface area contributed by atoms with Crippen molar-refractivity contribution < 1.29 is 13.6 Å². The van der Waals surface area contributed by atoms with Crippen molar-refractivity contribution in [1.29, 1.82) is 0 Å². The van der Waals surface area contributed by atoms with Gasteiger partial charge >= 0.3 is 6.01 Å². The molecule has 2 aromatic rings. The van der Waals surface area contributed by atoms with Gasteiger partial charge in [-0.25, -0.2) is 14.4 Å². The first kappa shape index (κ1) is 24.8. The van der Waals surface area contributed by atoms with Crippen LogP contribution in [0.4, 0.5) is 4.39 Å². The number of hydrogen-bond donors (Lipinski definition) is 1. The van der Waals surface area contributed by atoms with Crippen LogP contribution in [-0.2, 0) is 23.9 Å². The molecule has 5 nitrogen and oxygen atoms in total. The van der Waals surface area contributed by atoms with Crippen molar-refractivity contribution in [3.63, 3.8) is 0 Å². The molecular weight excluding hydrogens is 421 g/mol. The quantitative estimate of drug-likeness (QED) is 0.516. The summed E-state index contributed by atoms with van der Waals surface area (Å²) in [4.78, 5) is 8.67. The molecule has 0 aliphatic carbocycles. The minimum absolute atomic E-state index is 0.102. The van der Waals surface area contributed by atoms with Crippen LogP contribution in [0.25, 0.3) is 0 Å². The molecular formula is C25H38FN3O2Si. The van der Waals surface area contributed by atoms with Gasteiger partial charge in [-0.15, -0.1) is 0 Å². The highest BCUT2D eigenvalue weighted by molar-refractivity contribution is 6.74. The number of halogens is 1. The molecule has 0 radical (unpaired) electrons. The van der Waals surface area contributed by atoms with Crippen LogP contribution in [-0.4, -0.2) is 38.0 Å². The lowest BCUT2D eigenvalue weighted by atomic mass is 9.99. The predicted molar refractivity (Wildman–Crippen MR) is 129 cm³/mol. The van der Waals surface area contributed by atoms with Gasteiger partial charge in [0.05, 0.1) is 13.2 Å².